The Bertz CT molecular complexity index is 1300. The van der Waals surface area contributed by atoms with Crippen LogP contribution in [0.3, 0.4) is 0 Å². The Morgan fingerprint density at radius 1 is 1.06 bits per heavy atom. The molecule has 1 aliphatic heterocycles. The molecule has 1 aliphatic rings. The maximum Gasteiger partial charge on any atom is 0.254 e. The molecule has 2 aromatic heterocycles. The second kappa shape index (κ2) is 8.81. The van der Waals surface area contributed by atoms with Gasteiger partial charge in [0.15, 0.2) is 0 Å². The molecule has 0 aliphatic carbocycles. The molecule has 0 unspecified atom stereocenters. The predicted molar refractivity (Wildman–Crippen MR) is 130 cm³/mol. The molecule has 1 amide bonds. The lowest BCUT2D eigenvalue weighted by molar-refractivity contribution is 0.0708. The number of aryl methyl sites for hydroxylation is 1. The Hall–Kier alpha value is -3.48. The van der Waals surface area contributed by atoms with E-state index in [9.17, 15) is 4.79 Å². The van der Waals surface area contributed by atoms with E-state index in [2.05, 4.69) is 28.3 Å². The van der Waals surface area contributed by atoms with Crippen LogP contribution in [0.1, 0.15) is 21.5 Å². The number of carbonyl (C=O) groups excluding carboxylic acids is 1. The fourth-order valence-corrected chi connectivity index (χ4v) is 4.81. The van der Waals surface area contributed by atoms with Gasteiger partial charge in [-0.1, -0.05) is 41.9 Å². The number of fused-ring (bicyclic) bond motifs is 1. The van der Waals surface area contributed by atoms with Crippen LogP contribution in [-0.4, -0.2) is 38.2 Å². The van der Waals surface area contributed by atoms with Crippen molar-refractivity contribution in [3.8, 4) is 22.4 Å². The van der Waals surface area contributed by atoms with E-state index in [0.29, 0.717) is 24.5 Å². The standard InChI is InChI=1S/C26H24ClN5O/c1-31-25(24(27)15-30-31)20-5-6-23-21(13-20)16-32(26(23)33)22(14-28)12-17-3-2-4-19(11-17)18-7-9-29-10-8-18/h2-11,13,15,22H,12,14,16,28H2,1H3/t22-/m0/s1. The number of rotatable bonds is 6. The number of amides is 1. The molecule has 0 fully saturated rings. The van der Waals surface area contributed by atoms with Crippen molar-refractivity contribution in [2.24, 2.45) is 12.8 Å². The smallest absolute Gasteiger partial charge is 0.254 e. The highest BCUT2D eigenvalue weighted by atomic mass is 35.5. The van der Waals surface area contributed by atoms with E-state index in [0.717, 1.165) is 39.1 Å². The van der Waals surface area contributed by atoms with Gasteiger partial charge >= 0.3 is 0 Å². The van der Waals surface area contributed by atoms with Crippen LogP contribution < -0.4 is 5.73 Å². The van der Waals surface area contributed by atoms with Gasteiger partial charge in [-0.2, -0.15) is 5.10 Å². The first-order valence-corrected chi connectivity index (χ1v) is 11.2. The first kappa shape index (κ1) is 21.4. The number of hydrogen-bond acceptors (Lipinski definition) is 4. The first-order valence-electron chi connectivity index (χ1n) is 10.9. The van der Waals surface area contributed by atoms with Crippen LogP contribution in [0.2, 0.25) is 5.02 Å². The zero-order valence-corrected chi connectivity index (χ0v) is 19.0. The highest BCUT2D eigenvalue weighted by Crippen LogP contribution is 2.33. The maximum atomic E-state index is 13.2. The number of carbonyl (C=O) groups is 1. The van der Waals surface area contributed by atoms with Crippen LogP contribution in [0.25, 0.3) is 22.4 Å². The number of nitrogens with zero attached hydrogens (tertiary/aromatic N) is 4. The molecule has 4 aromatic rings. The maximum absolute atomic E-state index is 13.2. The molecule has 6 nitrogen and oxygen atoms in total. The molecule has 166 valence electrons. The van der Waals surface area contributed by atoms with Gasteiger partial charge in [-0.05, 0) is 52.9 Å². The van der Waals surface area contributed by atoms with Gasteiger partial charge in [0.05, 0.1) is 16.9 Å². The second-order valence-electron chi connectivity index (χ2n) is 8.30. The van der Waals surface area contributed by atoms with Gasteiger partial charge in [0, 0.05) is 49.7 Å². The third-order valence-corrected chi connectivity index (χ3v) is 6.51. The second-order valence-corrected chi connectivity index (χ2v) is 8.71. The lowest BCUT2D eigenvalue weighted by atomic mass is 9.99. The molecule has 3 heterocycles. The number of halogens is 1. The normalized spacial score (nSPS) is 13.9. The number of aromatic nitrogens is 3. The summed E-state index contributed by atoms with van der Waals surface area (Å²) in [6.45, 7) is 0.920. The van der Waals surface area contributed by atoms with Crippen LogP contribution in [-0.2, 0) is 20.0 Å². The summed E-state index contributed by atoms with van der Waals surface area (Å²) in [5.41, 5.74) is 13.0. The number of nitrogens with two attached hydrogens (primary N) is 1. The highest BCUT2D eigenvalue weighted by molar-refractivity contribution is 6.33. The molecule has 1 atom stereocenters. The van der Waals surface area contributed by atoms with Crippen molar-refractivity contribution in [3.63, 3.8) is 0 Å². The highest BCUT2D eigenvalue weighted by Gasteiger charge is 2.32. The fraction of sp³-hybridized carbons (Fsp3) is 0.192. The summed E-state index contributed by atoms with van der Waals surface area (Å²) in [6, 6.07) is 18.1. The van der Waals surface area contributed by atoms with Crippen molar-refractivity contribution >= 4 is 17.5 Å². The Balaban J connectivity index is 1.39. The summed E-state index contributed by atoms with van der Waals surface area (Å²) in [5.74, 6) is 0.0217. The van der Waals surface area contributed by atoms with Crippen molar-refractivity contribution in [2.75, 3.05) is 6.54 Å². The van der Waals surface area contributed by atoms with Crippen LogP contribution in [0.4, 0.5) is 0 Å². The van der Waals surface area contributed by atoms with Crippen LogP contribution >= 0.6 is 11.6 Å². The Kier molecular flexibility index (Phi) is 5.70. The van der Waals surface area contributed by atoms with Crippen molar-refractivity contribution < 1.29 is 4.79 Å². The van der Waals surface area contributed by atoms with E-state index in [1.807, 2.05) is 48.3 Å². The SMILES string of the molecule is Cn1ncc(Cl)c1-c1ccc2c(c1)CN([C@H](CN)Cc1cccc(-c3ccncc3)c1)C2=O. The summed E-state index contributed by atoms with van der Waals surface area (Å²) in [7, 11) is 1.86. The molecule has 5 rings (SSSR count). The summed E-state index contributed by atoms with van der Waals surface area (Å²) >= 11 is 6.33. The molecule has 0 spiro atoms. The van der Waals surface area contributed by atoms with Crippen molar-refractivity contribution in [3.05, 3.63) is 94.9 Å². The van der Waals surface area contributed by atoms with E-state index >= 15 is 0 Å². The molecule has 2 aromatic carbocycles. The lowest BCUT2D eigenvalue weighted by Crippen LogP contribution is -2.42. The molecule has 2 N–H and O–H groups in total. The average molecular weight is 458 g/mol. The number of benzene rings is 2. The van der Waals surface area contributed by atoms with Crippen molar-refractivity contribution in [1.82, 2.24) is 19.7 Å². The summed E-state index contributed by atoms with van der Waals surface area (Å²) < 4.78 is 1.75. The molecule has 0 saturated heterocycles. The van der Waals surface area contributed by atoms with Gasteiger partial charge in [-0.3, -0.25) is 14.5 Å². The zero-order chi connectivity index (χ0) is 22.9. The Morgan fingerprint density at radius 2 is 1.88 bits per heavy atom. The quantitative estimate of drug-likeness (QED) is 0.467. The molecule has 0 bridgehead atoms. The Morgan fingerprint density at radius 3 is 2.61 bits per heavy atom. The minimum absolute atomic E-state index is 0.0217. The largest absolute Gasteiger partial charge is 0.330 e. The van der Waals surface area contributed by atoms with Gasteiger partial charge in [0.1, 0.15) is 0 Å². The summed E-state index contributed by atoms with van der Waals surface area (Å²) in [5, 5.41) is 4.81. The van der Waals surface area contributed by atoms with E-state index in [4.69, 9.17) is 17.3 Å². The third kappa shape index (κ3) is 4.03. The van der Waals surface area contributed by atoms with E-state index in [1.165, 1.54) is 0 Å². The van der Waals surface area contributed by atoms with Gasteiger partial charge in [0.25, 0.3) is 5.91 Å². The number of pyridine rings is 1. The minimum atomic E-state index is -0.0960. The molecule has 0 saturated carbocycles. The van der Waals surface area contributed by atoms with Crippen LogP contribution in [0.5, 0.6) is 0 Å². The molecular weight excluding hydrogens is 434 g/mol. The first-order chi connectivity index (χ1) is 16.0. The van der Waals surface area contributed by atoms with Crippen molar-refractivity contribution in [1.29, 1.82) is 0 Å². The molecule has 33 heavy (non-hydrogen) atoms. The molecular formula is C26H24ClN5O. The molecule has 0 radical (unpaired) electrons. The van der Waals surface area contributed by atoms with Crippen molar-refractivity contribution in [2.45, 2.75) is 19.0 Å². The minimum Gasteiger partial charge on any atom is -0.330 e. The average Bonchev–Trinajstić information content (AvgIpc) is 3.36. The Labute approximate surface area is 197 Å². The monoisotopic (exact) mass is 457 g/mol. The fourth-order valence-electron chi connectivity index (χ4n) is 4.54. The predicted octanol–water partition coefficient (Wildman–Crippen LogP) is 4.33. The van der Waals surface area contributed by atoms with Crippen LogP contribution in [0, 0.1) is 0 Å². The third-order valence-electron chi connectivity index (χ3n) is 6.23. The topological polar surface area (TPSA) is 77.0 Å². The van der Waals surface area contributed by atoms with Crippen LogP contribution in [0.15, 0.2) is 73.2 Å². The number of hydrogen-bond donors (Lipinski definition) is 1. The van der Waals surface area contributed by atoms with Gasteiger partial charge in [0.2, 0.25) is 0 Å². The van der Waals surface area contributed by atoms with Gasteiger partial charge in [-0.25, -0.2) is 0 Å². The van der Waals surface area contributed by atoms with Gasteiger partial charge < -0.3 is 10.6 Å². The summed E-state index contributed by atoms with van der Waals surface area (Å²) in [4.78, 5) is 19.2. The van der Waals surface area contributed by atoms with E-state index in [-0.39, 0.29) is 11.9 Å². The van der Waals surface area contributed by atoms with E-state index < -0.39 is 0 Å². The molecule has 7 heteroatoms. The van der Waals surface area contributed by atoms with Gasteiger partial charge in [-0.15, -0.1) is 0 Å². The van der Waals surface area contributed by atoms with E-state index in [1.54, 1.807) is 23.3 Å². The summed E-state index contributed by atoms with van der Waals surface area (Å²) in [6.07, 6.45) is 5.90. The zero-order valence-electron chi connectivity index (χ0n) is 18.3. The lowest BCUT2D eigenvalue weighted by Gasteiger charge is -2.27.